The average molecular weight is 221 g/mol. The van der Waals surface area contributed by atoms with Crippen LogP contribution < -0.4 is 4.74 Å². The Balaban J connectivity index is 2.93. The van der Waals surface area contributed by atoms with Crippen LogP contribution in [0.15, 0.2) is 23.1 Å². The molecular weight excluding hydrogens is 206 g/mol. The molecule has 0 saturated carbocycles. The van der Waals surface area contributed by atoms with Gasteiger partial charge in [-0.1, -0.05) is 0 Å². The average Bonchev–Trinajstić information content (AvgIpc) is 2.21. The summed E-state index contributed by atoms with van der Waals surface area (Å²) in [5.74, 6) is 0.853. The molecule has 0 bridgehead atoms. The Kier molecular flexibility index (Phi) is 3.65. The first kappa shape index (κ1) is 11.9. The number of hydrogen-bond acceptors (Lipinski definition) is 3. The molecule has 1 rings (SSSR count). The number of hydrogen-bond donors (Lipinski definition) is 0. The molecule has 3 heteroatoms. The SMILES string of the molecule is COc1ccc(SC(C)(C)C#N)c(C)c1. The summed E-state index contributed by atoms with van der Waals surface area (Å²) >= 11 is 1.58. The van der Waals surface area contributed by atoms with Gasteiger partial charge in [-0.25, -0.2) is 0 Å². The first-order valence-electron chi connectivity index (χ1n) is 4.73. The van der Waals surface area contributed by atoms with Gasteiger partial charge in [0.25, 0.3) is 0 Å². The van der Waals surface area contributed by atoms with E-state index >= 15 is 0 Å². The molecule has 2 nitrogen and oxygen atoms in total. The van der Waals surface area contributed by atoms with Gasteiger partial charge in [-0.05, 0) is 44.5 Å². The molecule has 0 aromatic heterocycles. The molecular formula is C12H15NOS. The molecule has 0 spiro atoms. The van der Waals surface area contributed by atoms with E-state index in [1.165, 1.54) is 0 Å². The minimum Gasteiger partial charge on any atom is -0.497 e. The van der Waals surface area contributed by atoms with E-state index in [0.29, 0.717) is 0 Å². The van der Waals surface area contributed by atoms with Crippen molar-refractivity contribution >= 4 is 11.8 Å². The third-order valence-electron chi connectivity index (χ3n) is 2.02. The maximum atomic E-state index is 8.95. The Morgan fingerprint density at radius 2 is 2.07 bits per heavy atom. The monoisotopic (exact) mass is 221 g/mol. The van der Waals surface area contributed by atoms with Gasteiger partial charge in [0.15, 0.2) is 0 Å². The van der Waals surface area contributed by atoms with E-state index in [0.717, 1.165) is 16.2 Å². The van der Waals surface area contributed by atoms with Gasteiger partial charge in [0, 0.05) is 4.90 Å². The number of benzene rings is 1. The highest BCUT2D eigenvalue weighted by atomic mass is 32.2. The third-order valence-corrected chi connectivity index (χ3v) is 3.30. The minimum absolute atomic E-state index is 0.390. The molecule has 0 radical (unpaired) electrons. The van der Waals surface area contributed by atoms with Crippen molar-refractivity contribution in [3.63, 3.8) is 0 Å². The normalized spacial score (nSPS) is 10.9. The molecule has 1 aromatic carbocycles. The van der Waals surface area contributed by atoms with E-state index in [1.54, 1.807) is 18.9 Å². The second-order valence-electron chi connectivity index (χ2n) is 3.86. The van der Waals surface area contributed by atoms with E-state index < -0.39 is 0 Å². The molecule has 0 N–H and O–H groups in total. The van der Waals surface area contributed by atoms with E-state index in [2.05, 4.69) is 6.07 Å². The summed E-state index contributed by atoms with van der Waals surface area (Å²) in [6, 6.07) is 8.18. The van der Waals surface area contributed by atoms with Crippen molar-refractivity contribution in [1.82, 2.24) is 0 Å². The summed E-state index contributed by atoms with van der Waals surface area (Å²) in [7, 11) is 1.65. The second kappa shape index (κ2) is 4.59. The first-order chi connectivity index (χ1) is 6.98. The van der Waals surface area contributed by atoms with E-state index in [-0.39, 0.29) is 4.75 Å². The molecule has 0 aliphatic heterocycles. The van der Waals surface area contributed by atoms with E-state index in [9.17, 15) is 0 Å². The molecule has 0 atom stereocenters. The van der Waals surface area contributed by atoms with Gasteiger partial charge in [-0.3, -0.25) is 0 Å². The van der Waals surface area contributed by atoms with Gasteiger partial charge in [-0.2, -0.15) is 5.26 Å². The summed E-state index contributed by atoms with van der Waals surface area (Å²) in [6.45, 7) is 5.86. The summed E-state index contributed by atoms with van der Waals surface area (Å²) in [5, 5.41) is 8.95. The van der Waals surface area contributed by atoms with Gasteiger partial charge in [0.2, 0.25) is 0 Å². The summed E-state index contributed by atoms with van der Waals surface area (Å²) < 4.78 is 4.74. The Labute approximate surface area is 95.3 Å². The molecule has 0 saturated heterocycles. The number of nitrogens with zero attached hydrogens (tertiary/aromatic N) is 1. The van der Waals surface area contributed by atoms with Crippen molar-refractivity contribution in [3.05, 3.63) is 23.8 Å². The van der Waals surface area contributed by atoms with Crippen LogP contribution in [0.2, 0.25) is 0 Å². The Morgan fingerprint density at radius 3 is 2.53 bits per heavy atom. The minimum atomic E-state index is -0.390. The number of methoxy groups -OCH3 is 1. The first-order valence-corrected chi connectivity index (χ1v) is 5.55. The lowest BCUT2D eigenvalue weighted by molar-refractivity contribution is 0.414. The topological polar surface area (TPSA) is 33.0 Å². The predicted molar refractivity (Wildman–Crippen MR) is 63.3 cm³/mol. The van der Waals surface area contributed by atoms with Crippen molar-refractivity contribution in [2.45, 2.75) is 30.4 Å². The Morgan fingerprint density at radius 1 is 1.40 bits per heavy atom. The zero-order valence-electron chi connectivity index (χ0n) is 9.50. The van der Waals surface area contributed by atoms with Crippen LogP contribution in [0.25, 0.3) is 0 Å². The number of rotatable bonds is 3. The molecule has 80 valence electrons. The van der Waals surface area contributed by atoms with Crippen LogP contribution in [0.3, 0.4) is 0 Å². The Bertz CT molecular complexity index is 393. The van der Waals surface area contributed by atoms with Crippen LogP contribution in [0, 0.1) is 18.3 Å². The highest BCUT2D eigenvalue weighted by Crippen LogP contribution is 2.35. The quantitative estimate of drug-likeness (QED) is 0.733. The van der Waals surface area contributed by atoms with Crippen LogP contribution in [0.4, 0.5) is 0 Å². The maximum Gasteiger partial charge on any atom is 0.119 e. The second-order valence-corrected chi connectivity index (χ2v) is 5.52. The zero-order valence-corrected chi connectivity index (χ0v) is 10.3. The lowest BCUT2D eigenvalue weighted by atomic mass is 10.2. The highest BCUT2D eigenvalue weighted by Gasteiger charge is 2.19. The Hall–Kier alpha value is -1.14. The number of ether oxygens (including phenoxy) is 1. The fraction of sp³-hybridized carbons (Fsp3) is 0.417. The third kappa shape index (κ3) is 3.17. The van der Waals surface area contributed by atoms with Gasteiger partial charge >= 0.3 is 0 Å². The highest BCUT2D eigenvalue weighted by molar-refractivity contribution is 8.01. The molecule has 0 aliphatic carbocycles. The van der Waals surface area contributed by atoms with Crippen LogP contribution in [0.1, 0.15) is 19.4 Å². The predicted octanol–water partition coefficient (Wildman–Crippen LogP) is 3.40. The largest absolute Gasteiger partial charge is 0.497 e. The lowest BCUT2D eigenvalue weighted by Crippen LogP contribution is -2.10. The number of aryl methyl sites for hydroxylation is 1. The van der Waals surface area contributed by atoms with Crippen molar-refractivity contribution in [1.29, 1.82) is 5.26 Å². The molecule has 15 heavy (non-hydrogen) atoms. The molecule has 0 unspecified atom stereocenters. The van der Waals surface area contributed by atoms with Crippen LogP contribution in [-0.2, 0) is 0 Å². The maximum absolute atomic E-state index is 8.95. The molecule has 0 fully saturated rings. The van der Waals surface area contributed by atoms with Crippen molar-refractivity contribution in [3.8, 4) is 11.8 Å². The van der Waals surface area contributed by atoms with Crippen LogP contribution in [-0.4, -0.2) is 11.9 Å². The zero-order chi connectivity index (χ0) is 11.5. The van der Waals surface area contributed by atoms with Crippen molar-refractivity contribution < 1.29 is 4.74 Å². The number of nitriles is 1. The van der Waals surface area contributed by atoms with Gasteiger partial charge in [0.05, 0.1) is 13.2 Å². The molecule has 0 aliphatic rings. The van der Waals surface area contributed by atoms with Crippen molar-refractivity contribution in [2.75, 3.05) is 7.11 Å². The molecule has 0 amide bonds. The van der Waals surface area contributed by atoms with E-state index in [4.69, 9.17) is 10.00 Å². The fourth-order valence-corrected chi connectivity index (χ4v) is 2.11. The van der Waals surface area contributed by atoms with Gasteiger partial charge in [0.1, 0.15) is 10.5 Å². The summed E-state index contributed by atoms with van der Waals surface area (Å²) in [4.78, 5) is 1.13. The smallest absolute Gasteiger partial charge is 0.119 e. The van der Waals surface area contributed by atoms with Gasteiger partial charge < -0.3 is 4.74 Å². The lowest BCUT2D eigenvalue weighted by Gasteiger charge is -2.16. The van der Waals surface area contributed by atoms with Crippen LogP contribution in [0.5, 0.6) is 5.75 Å². The van der Waals surface area contributed by atoms with E-state index in [1.807, 2.05) is 39.0 Å². The number of thioether (sulfide) groups is 1. The van der Waals surface area contributed by atoms with Crippen molar-refractivity contribution in [2.24, 2.45) is 0 Å². The molecule has 1 aromatic rings. The van der Waals surface area contributed by atoms with Gasteiger partial charge in [-0.15, -0.1) is 11.8 Å². The summed E-state index contributed by atoms with van der Waals surface area (Å²) in [5.41, 5.74) is 1.14. The standard InChI is InChI=1S/C12H15NOS/c1-9-7-10(14-4)5-6-11(9)15-12(2,3)8-13/h5-7H,1-4H3. The summed E-state index contributed by atoms with van der Waals surface area (Å²) in [6.07, 6.45) is 0. The fourth-order valence-electron chi connectivity index (χ4n) is 1.16. The molecule has 0 heterocycles. The van der Waals surface area contributed by atoms with Crippen LogP contribution >= 0.6 is 11.8 Å².